The van der Waals surface area contributed by atoms with Crippen LogP contribution >= 0.6 is 0 Å². The highest BCUT2D eigenvalue weighted by molar-refractivity contribution is 6.16. The van der Waals surface area contributed by atoms with Crippen molar-refractivity contribution in [2.24, 2.45) is 0 Å². The minimum absolute atomic E-state index is 0.710. The summed E-state index contributed by atoms with van der Waals surface area (Å²) in [7, 11) is 0. The molecule has 0 amide bonds. The SMILES string of the molecule is Nc1cc2c(ccc3c4cc[nH]c4ccc23)[nH]1. The molecule has 0 spiro atoms. The van der Waals surface area contributed by atoms with E-state index in [2.05, 4.69) is 40.3 Å². The average molecular weight is 221 g/mol. The molecule has 3 heteroatoms. The average Bonchev–Trinajstić information content (AvgIpc) is 2.92. The summed E-state index contributed by atoms with van der Waals surface area (Å²) in [5.74, 6) is 0.710. The number of aromatic nitrogens is 2. The molecule has 2 aromatic carbocycles. The summed E-state index contributed by atoms with van der Waals surface area (Å²) in [6.45, 7) is 0. The van der Waals surface area contributed by atoms with Gasteiger partial charge in [-0.3, -0.25) is 0 Å². The largest absolute Gasteiger partial charge is 0.385 e. The van der Waals surface area contributed by atoms with Crippen LogP contribution in [0, 0.1) is 0 Å². The molecule has 0 aliphatic heterocycles. The molecule has 0 saturated carbocycles. The van der Waals surface area contributed by atoms with Crippen LogP contribution in [-0.4, -0.2) is 9.97 Å². The van der Waals surface area contributed by atoms with Gasteiger partial charge in [-0.05, 0) is 35.0 Å². The molecule has 2 heterocycles. The minimum atomic E-state index is 0.710. The van der Waals surface area contributed by atoms with Gasteiger partial charge in [0.2, 0.25) is 0 Å². The zero-order valence-electron chi connectivity index (χ0n) is 9.12. The zero-order valence-corrected chi connectivity index (χ0v) is 9.12. The van der Waals surface area contributed by atoms with Gasteiger partial charge in [0.1, 0.15) is 5.82 Å². The van der Waals surface area contributed by atoms with Crippen molar-refractivity contribution < 1.29 is 0 Å². The number of hydrogen-bond donors (Lipinski definition) is 3. The summed E-state index contributed by atoms with van der Waals surface area (Å²) in [4.78, 5) is 6.39. The van der Waals surface area contributed by atoms with E-state index in [1.165, 1.54) is 27.1 Å². The van der Waals surface area contributed by atoms with Gasteiger partial charge in [0, 0.05) is 28.0 Å². The van der Waals surface area contributed by atoms with Crippen LogP contribution in [-0.2, 0) is 0 Å². The van der Waals surface area contributed by atoms with Crippen molar-refractivity contribution in [2.45, 2.75) is 0 Å². The predicted octanol–water partition coefficient (Wildman–Crippen LogP) is 3.38. The normalized spacial score (nSPS) is 11.8. The first-order valence-corrected chi connectivity index (χ1v) is 5.60. The molecule has 0 aliphatic rings. The van der Waals surface area contributed by atoms with E-state index in [0.717, 1.165) is 5.52 Å². The van der Waals surface area contributed by atoms with Crippen LogP contribution in [0.2, 0.25) is 0 Å². The Kier molecular flexibility index (Phi) is 1.45. The molecular weight excluding hydrogens is 210 g/mol. The Balaban J connectivity index is 2.33. The summed E-state index contributed by atoms with van der Waals surface area (Å²) in [5, 5.41) is 4.94. The Morgan fingerprint density at radius 3 is 2.41 bits per heavy atom. The quantitative estimate of drug-likeness (QED) is 0.419. The summed E-state index contributed by atoms with van der Waals surface area (Å²) >= 11 is 0. The molecule has 0 atom stereocenters. The van der Waals surface area contributed by atoms with E-state index in [9.17, 15) is 0 Å². The van der Waals surface area contributed by atoms with Gasteiger partial charge in [0.05, 0.1) is 0 Å². The second kappa shape index (κ2) is 2.83. The molecule has 0 aliphatic carbocycles. The van der Waals surface area contributed by atoms with Crippen LogP contribution in [0.4, 0.5) is 5.82 Å². The number of nitrogens with one attached hydrogen (secondary N) is 2. The number of nitrogen functional groups attached to an aromatic ring is 1. The lowest BCUT2D eigenvalue weighted by atomic mass is 10.0. The van der Waals surface area contributed by atoms with Gasteiger partial charge in [-0.2, -0.15) is 0 Å². The van der Waals surface area contributed by atoms with Gasteiger partial charge in [-0.25, -0.2) is 0 Å². The van der Waals surface area contributed by atoms with Crippen molar-refractivity contribution in [3.63, 3.8) is 0 Å². The minimum Gasteiger partial charge on any atom is -0.385 e. The van der Waals surface area contributed by atoms with Crippen molar-refractivity contribution >= 4 is 38.4 Å². The second-order valence-corrected chi connectivity index (χ2v) is 4.35. The molecule has 0 radical (unpaired) electrons. The highest BCUT2D eigenvalue weighted by atomic mass is 14.8. The maximum Gasteiger partial charge on any atom is 0.101 e. The summed E-state index contributed by atoms with van der Waals surface area (Å²) < 4.78 is 0. The number of fused-ring (bicyclic) bond motifs is 5. The van der Waals surface area contributed by atoms with Crippen LogP contribution in [0.3, 0.4) is 0 Å². The number of benzene rings is 2. The number of nitrogens with two attached hydrogens (primary N) is 1. The monoisotopic (exact) mass is 221 g/mol. The molecule has 0 saturated heterocycles. The highest BCUT2D eigenvalue weighted by Gasteiger charge is 2.06. The number of hydrogen-bond acceptors (Lipinski definition) is 1. The third kappa shape index (κ3) is 1.05. The maximum absolute atomic E-state index is 5.81. The number of H-pyrrole nitrogens is 2. The first-order chi connectivity index (χ1) is 8.33. The van der Waals surface area contributed by atoms with Crippen molar-refractivity contribution in [2.75, 3.05) is 5.73 Å². The van der Waals surface area contributed by atoms with E-state index in [1.807, 2.05) is 12.3 Å². The highest BCUT2D eigenvalue weighted by Crippen LogP contribution is 2.31. The summed E-state index contributed by atoms with van der Waals surface area (Å²) in [6.07, 6.45) is 1.97. The van der Waals surface area contributed by atoms with Gasteiger partial charge in [0.15, 0.2) is 0 Å². The molecule has 17 heavy (non-hydrogen) atoms. The first-order valence-electron chi connectivity index (χ1n) is 5.60. The lowest BCUT2D eigenvalue weighted by Crippen LogP contribution is -1.80. The van der Waals surface area contributed by atoms with Crippen LogP contribution in [0.15, 0.2) is 42.6 Å². The van der Waals surface area contributed by atoms with Crippen LogP contribution < -0.4 is 5.73 Å². The third-order valence-electron chi connectivity index (χ3n) is 3.35. The lowest BCUT2D eigenvalue weighted by Gasteiger charge is -2.01. The Morgan fingerprint density at radius 2 is 1.53 bits per heavy atom. The summed E-state index contributed by atoms with van der Waals surface area (Å²) in [5.41, 5.74) is 8.07. The summed E-state index contributed by atoms with van der Waals surface area (Å²) in [6, 6.07) is 12.6. The van der Waals surface area contributed by atoms with Gasteiger partial charge in [0.25, 0.3) is 0 Å². The Bertz CT molecular complexity index is 852. The molecule has 2 aromatic heterocycles. The fourth-order valence-electron chi connectivity index (χ4n) is 2.58. The smallest absolute Gasteiger partial charge is 0.101 e. The lowest BCUT2D eigenvalue weighted by molar-refractivity contribution is 1.48. The van der Waals surface area contributed by atoms with Crippen LogP contribution in [0.25, 0.3) is 32.6 Å². The topological polar surface area (TPSA) is 57.6 Å². The maximum atomic E-state index is 5.81. The molecule has 3 nitrogen and oxygen atoms in total. The van der Waals surface area contributed by atoms with E-state index in [4.69, 9.17) is 5.73 Å². The van der Waals surface area contributed by atoms with E-state index in [0.29, 0.717) is 5.82 Å². The molecule has 0 fully saturated rings. The van der Waals surface area contributed by atoms with Crippen molar-refractivity contribution in [3.05, 3.63) is 42.6 Å². The first kappa shape index (κ1) is 8.70. The molecule has 4 aromatic rings. The third-order valence-corrected chi connectivity index (χ3v) is 3.35. The number of rotatable bonds is 0. The van der Waals surface area contributed by atoms with Gasteiger partial charge >= 0.3 is 0 Å². The predicted molar refractivity (Wildman–Crippen MR) is 72.1 cm³/mol. The Hall–Kier alpha value is -2.42. The van der Waals surface area contributed by atoms with Crippen LogP contribution in [0.5, 0.6) is 0 Å². The van der Waals surface area contributed by atoms with E-state index < -0.39 is 0 Å². The van der Waals surface area contributed by atoms with Gasteiger partial charge in [-0.15, -0.1) is 0 Å². The number of aromatic amines is 2. The van der Waals surface area contributed by atoms with E-state index in [-0.39, 0.29) is 0 Å². The Morgan fingerprint density at radius 1 is 0.765 bits per heavy atom. The zero-order chi connectivity index (χ0) is 11.4. The van der Waals surface area contributed by atoms with Crippen LogP contribution in [0.1, 0.15) is 0 Å². The number of anilines is 1. The molecule has 82 valence electrons. The van der Waals surface area contributed by atoms with E-state index in [1.54, 1.807) is 0 Å². The fourth-order valence-corrected chi connectivity index (χ4v) is 2.58. The Labute approximate surface area is 97.2 Å². The molecule has 4 rings (SSSR count). The van der Waals surface area contributed by atoms with Gasteiger partial charge in [-0.1, -0.05) is 12.1 Å². The van der Waals surface area contributed by atoms with Gasteiger partial charge < -0.3 is 15.7 Å². The van der Waals surface area contributed by atoms with Crippen molar-refractivity contribution in [3.8, 4) is 0 Å². The molecule has 4 N–H and O–H groups in total. The van der Waals surface area contributed by atoms with Crippen molar-refractivity contribution in [1.82, 2.24) is 9.97 Å². The molecule has 0 unspecified atom stereocenters. The van der Waals surface area contributed by atoms with Crippen molar-refractivity contribution in [1.29, 1.82) is 0 Å². The molecular formula is C14H11N3. The standard InChI is InChI=1S/C14H11N3/c15-14-7-11-9-1-3-12-10(5-6-16-12)8(9)2-4-13(11)17-14/h1-7,16-17H,15H2. The molecule has 0 bridgehead atoms. The second-order valence-electron chi connectivity index (χ2n) is 4.35. The van der Waals surface area contributed by atoms with E-state index >= 15 is 0 Å². The fraction of sp³-hybridized carbons (Fsp3) is 0.